The number of hydrogen-bond donors (Lipinski definition) is 1. The molecule has 0 fully saturated rings. The van der Waals surface area contributed by atoms with Crippen molar-refractivity contribution in [1.29, 1.82) is 0 Å². The summed E-state index contributed by atoms with van der Waals surface area (Å²) in [5.41, 5.74) is 3.94. The van der Waals surface area contributed by atoms with Crippen molar-refractivity contribution in [2.45, 2.75) is 6.92 Å². The van der Waals surface area contributed by atoms with Crippen molar-refractivity contribution in [3.8, 4) is 17.0 Å². The van der Waals surface area contributed by atoms with Crippen molar-refractivity contribution in [3.05, 3.63) is 71.1 Å². The predicted octanol–water partition coefficient (Wildman–Crippen LogP) is 4.78. The van der Waals surface area contributed by atoms with Gasteiger partial charge in [-0.15, -0.1) is 11.3 Å². The highest BCUT2D eigenvalue weighted by Gasteiger charge is 2.06. The molecule has 0 radical (unpaired) electrons. The lowest BCUT2D eigenvalue weighted by atomic mass is 10.1. The number of nitrogens with zero attached hydrogens (tertiary/aromatic N) is 1. The monoisotopic (exact) mass is 350 g/mol. The Balaban J connectivity index is 1.67. The summed E-state index contributed by atoms with van der Waals surface area (Å²) in [6.45, 7) is 2.05. The van der Waals surface area contributed by atoms with Gasteiger partial charge >= 0.3 is 0 Å². The summed E-state index contributed by atoms with van der Waals surface area (Å²) in [5.74, 6) is 0.498. The Hall–Kier alpha value is -2.92. The third-order valence-corrected chi connectivity index (χ3v) is 4.39. The second-order valence-corrected chi connectivity index (χ2v) is 6.33. The quantitative estimate of drug-likeness (QED) is 0.674. The first kappa shape index (κ1) is 16.9. The number of benzene rings is 2. The van der Waals surface area contributed by atoms with Gasteiger partial charge in [0.2, 0.25) is 5.91 Å². The number of nitrogens with one attached hydrogen (secondary N) is 1. The van der Waals surface area contributed by atoms with E-state index >= 15 is 0 Å². The fourth-order valence-corrected chi connectivity index (χ4v) is 3.03. The number of ether oxygens (including phenoxy) is 1. The Bertz CT molecular complexity index is 898. The van der Waals surface area contributed by atoms with E-state index in [1.807, 2.05) is 60.8 Å². The lowest BCUT2D eigenvalue weighted by Crippen LogP contribution is -2.07. The average molecular weight is 350 g/mol. The summed E-state index contributed by atoms with van der Waals surface area (Å²) >= 11 is 1.40. The standard InChI is InChI=1S/C20H18N2O2S/c1-14-7-9-15(10-8-14)17-13-25-20(21-17)22-19(23)12-11-16-5-3-4-6-18(16)24-2/h3-13H,1-2H3,(H,21,22,23). The van der Waals surface area contributed by atoms with Gasteiger partial charge < -0.3 is 4.74 Å². The molecule has 0 saturated heterocycles. The number of methoxy groups -OCH3 is 1. The number of anilines is 1. The molecule has 1 aromatic heterocycles. The molecule has 0 saturated carbocycles. The zero-order chi connectivity index (χ0) is 17.6. The van der Waals surface area contributed by atoms with Crippen LogP contribution in [-0.4, -0.2) is 18.0 Å². The molecular weight excluding hydrogens is 332 g/mol. The van der Waals surface area contributed by atoms with E-state index in [1.165, 1.54) is 23.0 Å². The first-order valence-electron chi connectivity index (χ1n) is 7.80. The van der Waals surface area contributed by atoms with E-state index in [9.17, 15) is 4.79 Å². The molecule has 0 aliphatic rings. The third-order valence-electron chi connectivity index (χ3n) is 3.63. The van der Waals surface area contributed by atoms with Gasteiger partial charge in [-0.3, -0.25) is 10.1 Å². The maximum atomic E-state index is 12.1. The van der Waals surface area contributed by atoms with Gasteiger partial charge in [0.05, 0.1) is 12.8 Å². The second-order valence-electron chi connectivity index (χ2n) is 5.47. The maximum Gasteiger partial charge on any atom is 0.250 e. The second kappa shape index (κ2) is 7.77. The van der Waals surface area contributed by atoms with Crippen LogP contribution in [0.3, 0.4) is 0 Å². The smallest absolute Gasteiger partial charge is 0.250 e. The highest BCUT2D eigenvalue weighted by atomic mass is 32.1. The molecule has 0 atom stereocenters. The average Bonchev–Trinajstić information content (AvgIpc) is 3.09. The molecule has 1 heterocycles. The molecule has 0 aliphatic carbocycles. The molecule has 0 unspecified atom stereocenters. The summed E-state index contributed by atoms with van der Waals surface area (Å²) < 4.78 is 5.26. The minimum Gasteiger partial charge on any atom is -0.496 e. The van der Waals surface area contributed by atoms with Crippen LogP contribution in [0.25, 0.3) is 17.3 Å². The molecule has 5 heteroatoms. The number of amides is 1. The summed E-state index contributed by atoms with van der Waals surface area (Å²) in [6.07, 6.45) is 3.20. The first-order valence-corrected chi connectivity index (χ1v) is 8.68. The number of thiazole rings is 1. The van der Waals surface area contributed by atoms with Crippen LogP contribution in [0.15, 0.2) is 60.0 Å². The van der Waals surface area contributed by atoms with Crippen LogP contribution in [0.1, 0.15) is 11.1 Å². The van der Waals surface area contributed by atoms with Crippen molar-refractivity contribution in [2.24, 2.45) is 0 Å². The fourth-order valence-electron chi connectivity index (χ4n) is 2.30. The molecule has 126 valence electrons. The van der Waals surface area contributed by atoms with E-state index in [0.29, 0.717) is 5.13 Å². The van der Waals surface area contributed by atoms with Gasteiger partial charge in [-0.1, -0.05) is 48.0 Å². The Kier molecular flexibility index (Phi) is 5.26. The highest BCUT2D eigenvalue weighted by Crippen LogP contribution is 2.25. The van der Waals surface area contributed by atoms with Gasteiger partial charge in [0, 0.05) is 22.6 Å². The fraction of sp³-hybridized carbons (Fsp3) is 0.100. The number of carbonyl (C=O) groups excluding carboxylic acids is 1. The van der Waals surface area contributed by atoms with Crippen molar-refractivity contribution in [2.75, 3.05) is 12.4 Å². The lowest BCUT2D eigenvalue weighted by molar-refractivity contribution is -0.111. The van der Waals surface area contributed by atoms with Crippen molar-refractivity contribution in [1.82, 2.24) is 4.98 Å². The van der Waals surface area contributed by atoms with E-state index in [1.54, 1.807) is 13.2 Å². The van der Waals surface area contributed by atoms with E-state index in [4.69, 9.17) is 4.74 Å². The molecule has 0 spiro atoms. The highest BCUT2D eigenvalue weighted by molar-refractivity contribution is 7.14. The number of aryl methyl sites for hydroxylation is 1. The molecule has 1 amide bonds. The van der Waals surface area contributed by atoms with Crippen molar-refractivity contribution < 1.29 is 9.53 Å². The predicted molar refractivity (Wildman–Crippen MR) is 103 cm³/mol. The minimum absolute atomic E-state index is 0.226. The summed E-state index contributed by atoms with van der Waals surface area (Å²) in [7, 11) is 1.61. The molecule has 0 bridgehead atoms. The molecule has 25 heavy (non-hydrogen) atoms. The van der Waals surface area contributed by atoms with Gasteiger partial charge in [0.1, 0.15) is 5.75 Å². The van der Waals surface area contributed by atoms with Gasteiger partial charge in [0.15, 0.2) is 5.13 Å². The van der Waals surface area contributed by atoms with Gasteiger partial charge in [-0.25, -0.2) is 4.98 Å². The molecule has 3 rings (SSSR count). The molecule has 1 N–H and O–H groups in total. The Labute approximate surface area is 150 Å². The molecule has 4 nitrogen and oxygen atoms in total. The SMILES string of the molecule is COc1ccccc1C=CC(=O)Nc1nc(-c2ccc(C)cc2)cs1. The zero-order valence-electron chi connectivity index (χ0n) is 14.0. The Morgan fingerprint density at radius 2 is 1.92 bits per heavy atom. The third kappa shape index (κ3) is 4.33. The maximum absolute atomic E-state index is 12.1. The Morgan fingerprint density at radius 3 is 2.68 bits per heavy atom. The van der Waals surface area contributed by atoms with Crippen LogP contribution >= 0.6 is 11.3 Å². The summed E-state index contributed by atoms with van der Waals surface area (Å²) in [5, 5.41) is 5.30. The van der Waals surface area contributed by atoms with Crippen LogP contribution in [-0.2, 0) is 4.79 Å². The minimum atomic E-state index is -0.226. The largest absolute Gasteiger partial charge is 0.496 e. The van der Waals surface area contributed by atoms with Crippen LogP contribution in [0.4, 0.5) is 5.13 Å². The van der Waals surface area contributed by atoms with Crippen LogP contribution in [0, 0.1) is 6.92 Å². The summed E-state index contributed by atoms with van der Waals surface area (Å²) in [6, 6.07) is 15.7. The number of para-hydroxylation sites is 1. The lowest BCUT2D eigenvalue weighted by Gasteiger charge is -2.03. The molecule has 2 aromatic carbocycles. The number of carbonyl (C=O) groups is 1. The topological polar surface area (TPSA) is 51.2 Å². The van der Waals surface area contributed by atoms with Gasteiger partial charge in [-0.05, 0) is 19.1 Å². The molecular formula is C20H18N2O2S. The van der Waals surface area contributed by atoms with E-state index in [0.717, 1.165) is 22.6 Å². The van der Waals surface area contributed by atoms with Gasteiger partial charge in [0.25, 0.3) is 0 Å². The van der Waals surface area contributed by atoms with Crippen LogP contribution in [0.5, 0.6) is 5.75 Å². The zero-order valence-corrected chi connectivity index (χ0v) is 14.8. The first-order chi connectivity index (χ1) is 12.2. The Morgan fingerprint density at radius 1 is 1.16 bits per heavy atom. The van der Waals surface area contributed by atoms with E-state index in [2.05, 4.69) is 10.3 Å². The van der Waals surface area contributed by atoms with E-state index < -0.39 is 0 Å². The van der Waals surface area contributed by atoms with Crippen molar-refractivity contribution >= 4 is 28.5 Å². The van der Waals surface area contributed by atoms with E-state index in [-0.39, 0.29) is 5.91 Å². The normalized spacial score (nSPS) is 10.8. The number of hydrogen-bond acceptors (Lipinski definition) is 4. The summed E-state index contributed by atoms with van der Waals surface area (Å²) in [4.78, 5) is 16.6. The van der Waals surface area contributed by atoms with Crippen LogP contribution < -0.4 is 10.1 Å². The number of aromatic nitrogens is 1. The number of rotatable bonds is 5. The molecule has 0 aliphatic heterocycles. The van der Waals surface area contributed by atoms with Crippen molar-refractivity contribution in [3.63, 3.8) is 0 Å². The van der Waals surface area contributed by atoms with Gasteiger partial charge in [-0.2, -0.15) is 0 Å². The molecule has 3 aromatic rings. The van der Waals surface area contributed by atoms with Crippen LogP contribution in [0.2, 0.25) is 0 Å².